The van der Waals surface area contributed by atoms with E-state index in [1.165, 1.54) is 6.92 Å². The first-order valence-electron chi connectivity index (χ1n) is 20.0. The molecule has 0 aliphatic carbocycles. The summed E-state index contributed by atoms with van der Waals surface area (Å²) in [6.07, 6.45) is -43.1. The highest BCUT2D eigenvalue weighted by Gasteiger charge is 2.56. The Bertz CT molecular complexity index is 1620. The third-order valence-corrected chi connectivity index (χ3v) is 11.4. The summed E-state index contributed by atoms with van der Waals surface area (Å²) in [6, 6.07) is -3.39. The minimum atomic E-state index is -5.11. The molecule has 4 aliphatic heterocycles. The van der Waals surface area contributed by atoms with Gasteiger partial charge in [-0.25, -0.2) is 4.18 Å². The van der Waals surface area contributed by atoms with E-state index in [1.54, 1.807) is 0 Å². The molecule has 0 radical (unpaired) electrons. The lowest BCUT2D eigenvalue weighted by Crippen LogP contribution is -2.68. The summed E-state index contributed by atoms with van der Waals surface area (Å²) in [5, 5.41) is 154. The predicted octanol–water partition coefficient (Wildman–Crippen LogP) is -11.1. The molecule has 0 aromatic heterocycles. The number of aliphatic hydroxyl groups is 14. The predicted molar refractivity (Wildman–Crippen MR) is 201 cm³/mol. The van der Waals surface area contributed by atoms with E-state index in [1.807, 2.05) is 0 Å². The molecule has 31 heteroatoms. The van der Waals surface area contributed by atoms with Crippen LogP contribution in [0.2, 0.25) is 0 Å². The summed E-state index contributed by atoms with van der Waals surface area (Å²) in [5.41, 5.74) is 0. The zero-order chi connectivity index (χ0) is 48.8. The fourth-order valence-electron chi connectivity index (χ4n) is 7.39. The Kier molecular flexibility index (Phi) is 20.5. The molecule has 0 spiro atoms. The molecule has 0 unspecified atom stereocenters. The molecule has 0 aromatic rings. The van der Waals surface area contributed by atoms with Crippen molar-refractivity contribution in [2.24, 2.45) is 0 Å². The highest BCUT2D eigenvalue weighted by Crippen LogP contribution is 2.35. The van der Waals surface area contributed by atoms with Crippen molar-refractivity contribution in [3.63, 3.8) is 0 Å². The summed E-state index contributed by atoms with van der Waals surface area (Å²) < 4.78 is 81.2. The Labute approximate surface area is 369 Å². The molecule has 65 heavy (non-hydrogen) atoms. The minimum absolute atomic E-state index is 0.808. The number of ether oxygens (including phenoxy) is 8. The Hall–Kier alpha value is -2.07. The number of hydrogen-bond donors (Lipinski definition) is 17. The quantitative estimate of drug-likeness (QED) is 0.0504. The maximum Gasteiger partial charge on any atom is 0.397 e. The van der Waals surface area contributed by atoms with Crippen LogP contribution in [-0.4, -0.2) is 276 Å². The number of carbonyl (C=O) groups is 2. The highest BCUT2D eigenvalue weighted by atomic mass is 32.3. The van der Waals surface area contributed by atoms with E-state index in [2.05, 4.69) is 14.8 Å². The molecule has 17 N–H and O–H groups in total. The van der Waals surface area contributed by atoms with Crippen LogP contribution >= 0.6 is 0 Å². The molecule has 4 rings (SSSR count). The Morgan fingerprint density at radius 3 is 1.72 bits per heavy atom. The van der Waals surface area contributed by atoms with E-state index in [0.29, 0.717) is 0 Å². The third-order valence-electron chi connectivity index (χ3n) is 10.9. The van der Waals surface area contributed by atoms with Gasteiger partial charge >= 0.3 is 10.4 Å². The number of carbonyl (C=O) groups excluding carboxylic acids is 2. The lowest BCUT2D eigenvalue weighted by Gasteiger charge is -2.49. The van der Waals surface area contributed by atoms with Crippen molar-refractivity contribution in [3.8, 4) is 0 Å². The second kappa shape index (κ2) is 24.0. The van der Waals surface area contributed by atoms with Crippen molar-refractivity contribution in [1.29, 1.82) is 0 Å². The minimum Gasteiger partial charge on any atom is -0.394 e. The molecule has 4 fully saturated rings. The van der Waals surface area contributed by atoms with Crippen LogP contribution in [0.25, 0.3) is 0 Å². The third kappa shape index (κ3) is 13.8. The smallest absolute Gasteiger partial charge is 0.394 e. The summed E-state index contributed by atoms with van der Waals surface area (Å²) in [7, 11) is -5.11. The largest absolute Gasteiger partial charge is 0.397 e. The molecule has 30 nitrogen and oxygen atoms in total. The van der Waals surface area contributed by atoms with Crippen molar-refractivity contribution < 1.29 is 136 Å². The van der Waals surface area contributed by atoms with E-state index < -0.39 is 202 Å². The number of nitrogens with one attached hydrogen (secondary N) is 2. The van der Waals surface area contributed by atoms with Gasteiger partial charge in [-0.2, -0.15) is 8.42 Å². The molecule has 0 saturated carbocycles. The van der Waals surface area contributed by atoms with E-state index in [9.17, 15) is 89.5 Å². The van der Waals surface area contributed by atoms with E-state index in [0.717, 1.165) is 13.8 Å². The van der Waals surface area contributed by atoms with Crippen LogP contribution in [-0.2, 0) is 62.1 Å². The number of aliphatic hydroxyl groups excluding tert-OH is 14. The molecule has 0 aromatic carbocycles. The second-order valence-electron chi connectivity index (χ2n) is 15.7. The van der Waals surface area contributed by atoms with Crippen molar-refractivity contribution in [1.82, 2.24) is 10.6 Å². The van der Waals surface area contributed by atoms with Gasteiger partial charge in [0.15, 0.2) is 25.2 Å². The maximum absolute atomic E-state index is 12.3. The van der Waals surface area contributed by atoms with Crippen LogP contribution in [0.15, 0.2) is 0 Å². The second-order valence-corrected chi connectivity index (χ2v) is 16.8. The molecule has 380 valence electrons. The SMILES string of the molecule is CC(=O)N[C@H]1[C@H](OC[C@@H](O)[C@H](O)[C@H](O[C@@H]2O[C@H](CO)[C@H](O)[C@H](O[C@H]3O[C@H](CO)[C@H](O)[C@H](O)[C@H]3O)[C@H]2O[C@@H]2O[C@@H](C)[C@@H](O)[C@@H](O)[C@@H]2O)[C@H](CO)NC(C)=O)O[C@H](COS(=O)(=O)O)[C@@H](O)[C@@H]1O. The van der Waals surface area contributed by atoms with Crippen LogP contribution in [0.3, 0.4) is 0 Å². The Morgan fingerprint density at radius 2 is 1.17 bits per heavy atom. The first-order chi connectivity index (χ1) is 30.3. The van der Waals surface area contributed by atoms with Crippen molar-refractivity contribution in [2.45, 2.75) is 168 Å². The fourth-order valence-corrected chi connectivity index (χ4v) is 7.70. The summed E-state index contributed by atoms with van der Waals surface area (Å²) in [6.45, 7) is -2.04. The van der Waals surface area contributed by atoms with Crippen molar-refractivity contribution in [3.05, 3.63) is 0 Å². The first kappa shape index (κ1) is 55.5. The average molecular weight is 977 g/mol. The zero-order valence-corrected chi connectivity index (χ0v) is 35.6. The molecule has 0 bridgehead atoms. The topological polar surface area (TPSA) is 479 Å². The van der Waals surface area contributed by atoms with Crippen molar-refractivity contribution in [2.75, 3.05) is 33.0 Å². The summed E-state index contributed by atoms with van der Waals surface area (Å²) >= 11 is 0. The Balaban J connectivity index is 1.71. The first-order valence-corrected chi connectivity index (χ1v) is 21.4. The summed E-state index contributed by atoms with van der Waals surface area (Å²) in [4.78, 5) is 24.3. The standard InChI is InChI=1S/C34H60N2O28S/c1-9-18(43)24(49)26(51)32(58-9)64-30-29(63-33-27(52)25(50)20(45)14(5-38)59-33)22(47)15(6-39)60-34(30)62-28(12(4-37)35-10(2)40)19(44)13(42)7-56-31-17(36-11(3)41)23(48)21(46)16(61-31)8-57-65(53,54)55/h9,12-34,37-39,42-52H,4-8H2,1-3H3,(H,35,40)(H,36,41)(H,53,54,55)/t9-,12-,13+,14+,15+,16+,17+,18+,19-,20-,21+,22-,23+,24+,25-,26-,27+,28+,29-,30+,31+,32-,33+,34-/m0/s1. The van der Waals surface area contributed by atoms with E-state index in [4.69, 9.17) is 42.4 Å². The van der Waals surface area contributed by atoms with E-state index >= 15 is 0 Å². The van der Waals surface area contributed by atoms with Gasteiger partial charge in [0, 0.05) is 13.8 Å². The molecule has 4 heterocycles. The molecular weight excluding hydrogens is 916 g/mol. The van der Waals surface area contributed by atoms with Gasteiger partial charge in [-0.05, 0) is 6.92 Å². The zero-order valence-electron chi connectivity index (χ0n) is 34.8. The van der Waals surface area contributed by atoms with Crippen LogP contribution in [0, 0.1) is 0 Å². The van der Waals surface area contributed by atoms with Gasteiger partial charge in [-0.15, -0.1) is 0 Å². The molecular formula is C34H60N2O28S. The van der Waals surface area contributed by atoms with Gasteiger partial charge in [0.2, 0.25) is 11.8 Å². The molecule has 4 aliphatic rings. The van der Waals surface area contributed by atoms with Crippen molar-refractivity contribution >= 4 is 22.2 Å². The van der Waals surface area contributed by atoms with Crippen LogP contribution in [0.1, 0.15) is 20.8 Å². The summed E-state index contributed by atoms with van der Waals surface area (Å²) in [5.74, 6) is -1.67. The van der Waals surface area contributed by atoms with Gasteiger partial charge < -0.3 is 120 Å². The van der Waals surface area contributed by atoms with Gasteiger partial charge in [0.1, 0.15) is 110 Å². The number of hydrogen-bond acceptors (Lipinski definition) is 27. The van der Waals surface area contributed by atoms with Gasteiger partial charge in [-0.1, -0.05) is 0 Å². The maximum atomic E-state index is 12.3. The molecule has 4 saturated heterocycles. The lowest BCUT2D eigenvalue weighted by molar-refractivity contribution is -0.396. The van der Waals surface area contributed by atoms with E-state index in [-0.39, 0.29) is 0 Å². The fraction of sp³-hybridized carbons (Fsp3) is 0.941. The van der Waals surface area contributed by atoms with Gasteiger partial charge in [-0.3, -0.25) is 14.1 Å². The monoisotopic (exact) mass is 976 g/mol. The van der Waals surface area contributed by atoms with Crippen LogP contribution in [0.5, 0.6) is 0 Å². The normalized spacial score (nSPS) is 42.4. The number of amides is 2. The molecule has 2 amide bonds. The van der Waals surface area contributed by atoms with Crippen LogP contribution < -0.4 is 10.6 Å². The van der Waals surface area contributed by atoms with Gasteiger partial charge in [0.25, 0.3) is 0 Å². The highest BCUT2D eigenvalue weighted by molar-refractivity contribution is 7.80. The molecule has 24 atom stereocenters. The Morgan fingerprint density at radius 1 is 0.646 bits per heavy atom. The van der Waals surface area contributed by atoms with Gasteiger partial charge in [0.05, 0.1) is 45.2 Å². The average Bonchev–Trinajstić information content (AvgIpc) is 3.24. The van der Waals surface area contributed by atoms with Crippen LogP contribution in [0.4, 0.5) is 0 Å². The number of rotatable bonds is 20. The lowest BCUT2D eigenvalue weighted by atomic mass is 9.95.